The number of aryl methyl sites for hydroxylation is 1. The first-order valence-corrected chi connectivity index (χ1v) is 8.20. The molecule has 3 rings (SSSR count). The second kappa shape index (κ2) is 11.2. The van der Waals surface area contributed by atoms with Gasteiger partial charge in [-0.3, -0.25) is 4.90 Å². The molecule has 23 heavy (non-hydrogen) atoms. The maximum Gasteiger partial charge on any atom is 0.123 e. The lowest BCUT2D eigenvalue weighted by Crippen LogP contribution is -2.42. The van der Waals surface area contributed by atoms with Crippen molar-refractivity contribution in [2.24, 2.45) is 0 Å². The number of aromatic nitrogens is 1. The van der Waals surface area contributed by atoms with Crippen molar-refractivity contribution in [1.29, 1.82) is 0 Å². The van der Waals surface area contributed by atoms with E-state index in [1.807, 2.05) is 0 Å². The summed E-state index contributed by atoms with van der Waals surface area (Å²) < 4.78 is 0. The molecule has 1 saturated heterocycles. The van der Waals surface area contributed by atoms with Crippen molar-refractivity contribution in [1.82, 2.24) is 15.2 Å². The average Bonchev–Trinajstić information content (AvgIpc) is 2.97. The molecule has 0 saturated carbocycles. The summed E-state index contributed by atoms with van der Waals surface area (Å²) in [6, 6.07) is 8.78. The van der Waals surface area contributed by atoms with E-state index >= 15 is 0 Å². The first-order valence-electron chi connectivity index (χ1n) is 7.32. The molecule has 1 aliphatic rings. The van der Waals surface area contributed by atoms with Gasteiger partial charge in [0.1, 0.15) is 5.01 Å². The van der Waals surface area contributed by atoms with E-state index in [0.29, 0.717) is 0 Å². The van der Waals surface area contributed by atoms with Gasteiger partial charge in [-0.1, -0.05) is 31.2 Å². The Balaban J connectivity index is 0.00000161. The molecule has 130 valence electrons. The summed E-state index contributed by atoms with van der Waals surface area (Å²) in [6.45, 7) is 7.59. The highest BCUT2D eigenvalue weighted by Gasteiger charge is 2.12. The Hall–Kier alpha value is -0.360. The van der Waals surface area contributed by atoms with Crippen molar-refractivity contribution in [3.63, 3.8) is 0 Å². The van der Waals surface area contributed by atoms with Gasteiger partial charge < -0.3 is 5.32 Å². The SMILES string of the molecule is CCc1ccc(-c2nc(CN3CCNCC3)cs2)cc1.Cl.Cl.Cl. The zero-order valence-electron chi connectivity index (χ0n) is 13.2. The third kappa shape index (κ3) is 6.22. The van der Waals surface area contributed by atoms with Crippen molar-refractivity contribution >= 4 is 48.6 Å². The number of piperazine rings is 1. The predicted molar refractivity (Wildman–Crippen MR) is 107 cm³/mol. The molecule has 2 heterocycles. The molecule has 1 aromatic heterocycles. The van der Waals surface area contributed by atoms with Gasteiger partial charge in [0.2, 0.25) is 0 Å². The van der Waals surface area contributed by atoms with Crippen LogP contribution in [0.25, 0.3) is 10.6 Å². The fourth-order valence-corrected chi connectivity index (χ4v) is 3.31. The fourth-order valence-electron chi connectivity index (χ4n) is 2.49. The molecule has 3 nitrogen and oxygen atoms in total. The van der Waals surface area contributed by atoms with Crippen molar-refractivity contribution < 1.29 is 0 Å². The molecule has 0 aliphatic carbocycles. The zero-order chi connectivity index (χ0) is 13.8. The summed E-state index contributed by atoms with van der Waals surface area (Å²) in [5.74, 6) is 0. The molecule has 1 N–H and O–H groups in total. The monoisotopic (exact) mass is 395 g/mol. The number of benzene rings is 1. The number of hydrogen-bond donors (Lipinski definition) is 1. The van der Waals surface area contributed by atoms with Gasteiger partial charge in [-0.25, -0.2) is 4.98 Å². The van der Waals surface area contributed by atoms with Crippen LogP contribution in [-0.2, 0) is 13.0 Å². The molecule has 1 fully saturated rings. The Labute approximate surface area is 161 Å². The molecular weight excluding hydrogens is 373 g/mol. The third-order valence-electron chi connectivity index (χ3n) is 3.76. The molecular formula is C16H24Cl3N3S. The molecule has 0 spiro atoms. The zero-order valence-corrected chi connectivity index (χ0v) is 16.4. The number of halogens is 3. The van der Waals surface area contributed by atoms with Gasteiger partial charge >= 0.3 is 0 Å². The van der Waals surface area contributed by atoms with E-state index in [0.717, 1.165) is 44.2 Å². The number of thiazole rings is 1. The van der Waals surface area contributed by atoms with Crippen LogP contribution in [0.5, 0.6) is 0 Å². The van der Waals surface area contributed by atoms with Crippen LogP contribution in [0.2, 0.25) is 0 Å². The van der Waals surface area contributed by atoms with Gasteiger partial charge in [0.15, 0.2) is 0 Å². The van der Waals surface area contributed by atoms with Gasteiger partial charge in [-0.15, -0.1) is 48.6 Å². The van der Waals surface area contributed by atoms with E-state index in [-0.39, 0.29) is 37.2 Å². The van der Waals surface area contributed by atoms with Crippen molar-refractivity contribution in [3.05, 3.63) is 40.9 Å². The number of nitrogens with zero attached hydrogens (tertiary/aromatic N) is 2. The minimum absolute atomic E-state index is 0. The normalized spacial score (nSPS) is 14.3. The molecule has 0 radical (unpaired) electrons. The van der Waals surface area contributed by atoms with Gasteiger partial charge in [-0.05, 0) is 12.0 Å². The Morgan fingerprint density at radius 1 is 1.09 bits per heavy atom. The summed E-state index contributed by atoms with van der Waals surface area (Å²) in [6.07, 6.45) is 1.09. The maximum absolute atomic E-state index is 4.79. The van der Waals surface area contributed by atoms with E-state index in [9.17, 15) is 0 Å². The van der Waals surface area contributed by atoms with E-state index in [2.05, 4.69) is 46.8 Å². The quantitative estimate of drug-likeness (QED) is 0.845. The van der Waals surface area contributed by atoms with Crippen LogP contribution >= 0.6 is 48.6 Å². The Morgan fingerprint density at radius 2 is 1.74 bits per heavy atom. The van der Waals surface area contributed by atoms with E-state index in [4.69, 9.17) is 4.98 Å². The standard InChI is InChI=1S/C16H21N3S.3ClH/c1-2-13-3-5-14(6-4-13)16-18-15(12-20-16)11-19-9-7-17-8-10-19;;;/h3-6,12,17H,2,7-11H2,1H3;3*1H. The molecule has 7 heteroatoms. The highest BCUT2D eigenvalue weighted by atomic mass is 35.5. The van der Waals surface area contributed by atoms with Crippen LogP contribution < -0.4 is 5.32 Å². The van der Waals surface area contributed by atoms with Gasteiger partial charge in [0.05, 0.1) is 5.69 Å². The lowest BCUT2D eigenvalue weighted by molar-refractivity contribution is 0.231. The second-order valence-electron chi connectivity index (χ2n) is 5.22. The summed E-state index contributed by atoms with van der Waals surface area (Å²) in [5, 5.41) is 6.72. The minimum Gasteiger partial charge on any atom is -0.314 e. The lowest BCUT2D eigenvalue weighted by atomic mass is 10.1. The van der Waals surface area contributed by atoms with Crippen LogP contribution in [0.15, 0.2) is 29.6 Å². The smallest absolute Gasteiger partial charge is 0.123 e. The molecule has 1 aromatic carbocycles. The summed E-state index contributed by atoms with van der Waals surface area (Å²) in [4.78, 5) is 7.25. The largest absolute Gasteiger partial charge is 0.314 e. The van der Waals surface area contributed by atoms with Crippen LogP contribution in [0.3, 0.4) is 0 Å². The van der Waals surface area contributed by atoms with Crippen LogP contribution in [0, 0.1) is 0 Å². The Kier molecular flexibility index (Phi) is 11.1. The van der Waals surface area contributed by atoms with Crippen LogP contribution in [0.1, 0.15) is 18.2 Å². The Morgan fingerprint density at radius 3 is 2.35 bits per heavy atom. The summed E-state index contributed by atoms with van der Waals surface area (Å²) in [5.41, 5.74) is 3.82. The van der Waals surface area contributed by atoms with E-state index in [1.54, 1.807) is 11.3 Å². The highest BCUT2D eigenvalue weighted by Crippen LogP contribution is 2.24. The molecule has 0 atom stereocenters. The van der Waals surface area contributed by atoms with E-state index in [1.165, 1.54) is 16.8 Å². The van der Waals surface area contributed by atoms with Gasteiger partial charge in [0, 0.05) is 43.7 Å². The highest BCUT2D eigenvalue weighted by molar-refractivity contribution is 7.13. The first kappa shape index (κ1) is 22.6. The van der Waals surface area contributed by atoms with E-state index < -0.39 is 0 Å². The van der Waals surface area contributed by atoms with Crippen molar-refractivity contribution in [2.75, 3.05) is 26.2 Å². The molecule has 0 bridgehead atoms. The van der Waals surface area contributed by atoms with Gasteiger partial charge in [0.25, 0.3) is 0 Å². The predicted octanol–water partition coefficient (Wildman–Crippen LogP) is 4.04. The summed E-state index contributed by atoms with van der Waals surface area (Å²) in [7, 11) is 0. The molecule has 0 unspecified atom stereocenters. The van der Waals surface area contributed by atoms with Crippen LogP contribution in [0.4, 0.5) is 0 Å². The molecule has 2 aromatic rings. The maximum atomic E-state index is 4.79. The van der Waals surface area contributed by atoms with Crippen molar-refractivity contribution in [3.8, 4) is 10.6 Å². The summed E-state index contributed by atoms with van der Waals surface area (Å²) >= 11 is 1.75. The second-order valence-corrected chi connectivity index (χ2v) is 6.08. The van der Waals surface area contributed by atoms with Crippen LogP contribution in [-0.4, -0.2) is 36.1 Å². The third-order valence-corrected chi connectivity index (χ3v) is 4.70. The molecule has 1 aliphatic heterocycles. The number of rotatable bonds is 4. The number of hydrogen-bond acceptors (Lipinski definition) is 4. The average molecular weight is 397 g/mol. The van der Waals surface area contributed by atoms with Gasteiger partial charge in [-0.2, -0.15) is 0 Å². The fraction of sp³-hybridized carbons (Fsp3) is 0.438. The number of nitrogens with one attached hydrogen (secondary N) is 1. The minimum atomic E-state index is 0. The van der Waals surface area contributed by atoms with Crippen molar-refractivity contribution in [2.45, 2.75) is 19.9 Å². The Bertz CT molecular complexity index is 554. The lowest BCUT2D eigenvalue weighted by Gasteiger charge is -2.26. The topological polar surface area (TPSA) is 28.2 Å². The molecule has 0 amide bonds. The first-order chi connectivity index (χ1) is 9.85.